The number of nitrogens with two attached hydrogens (primary N) is 1. The van der Waals surface area contributed by atoms with Crippen molar-refractivity contribution in [2.75, 3.05) is 32.6 Å². The van der Waals surface area contributed by atoms with Gasteiger partial charge in [0.15, 0.2) is 5.69 Å². The van der Waals surface area contributed by atoms with Crippen LogP contribution in [0, 0.1) is 17.7 Å². The number of halogens is 3. The molecular formula is C26H26F3N7O3. The lowest BCUT2D eigenvalue weighted by atomic mass is 10.1. The van der Waals surface area contributed by atoms with Crippen LogP contribution in [0.5, 0.6) is 0 Å². The Morgan fingerprint density at radius 1 is 1.33 bits per heavy atom. The SMILES string of the molecule is C=CC(=O)N1C[C@@H](n2nc(C#Cc3c(F)ccc4c3cnn4C3CC3(F)F)c(C(N)=O)c2NC)C[C@@H]1COC. The molecule has 2 amide bonds. The monoisotopic (exact) mass is 541 g/mol. The Hall–Kier alpha value is -4.31. The zero-order valence-electron chi connectivity index (χ0n) is 21.2. The summed E-state index contributed by atoms with van der Waals surface area (Å²) in [6.07, 6.45) is 2.66. The van der Waals surface area contributed by atoms with Crippen LogP contribution in [0.25, 0.3) is 10.9 Å². The molecule has 13 heteroatoms. The second-order valence-corrected chi connectivity index (χ2v) is 9.50. The number of hydrogen-bond acceptors (Lipinski definition) is 6. The van der Waals surface area contributed by atoms with Crippen molar-refractivity contribution >= 4 is 28.5 Å². The molecule has 1 aliphatic carbocycles. The van der Waals surface area contributed by atoms with Gasteiger partial charge in [0, 0.05) is 32.5 Å². The van der Waals surface area contributed by atoms with Crippen LogP contribution < -0.4 is 11.1 Å². The van der Waals surface area contributed by atoms with Crippen molar-refractivity contribution in [1.29, 1.82) is 0 Å². The number of benzene rings is 1. The number of nitrogens with zero attached hydrogens (tertiary/aromatic N) is 5. The molecule has 1 aliphatic heterocycles. The van der Waals surface area contributed by atoms with E-state index in [9.17, 15) is 22.8 Å². The molecule has 1 aromatic carbocycles. The summed E-state index contributed by atoms with van der Waals surface area (Å²) in [6, 6.07) is 0.846. The van der Waals surface area contributed by atoms with E-state index in [1.54, 1.807) is 16.6 Å². The van der Waals surface area contributed by atoms with Gasteiger partial charge in [-0.3, -0.25) is 14.3 Å². The van der Waals surface area contributed by atoms with Crippen molar-refractivity contribution in [2.45, 2.75) is 36.9 Å². The third-order valence-electron chi connectivity index (χ3n) is 7.07. The van der Waals surface area contributed by atoms with Crippen LogP contribution >= 0.6 is 0 Å². The average Bonchev–Trinajstić information content (AvgIpc) is 3.29. The van der Waals surface area contributed by atoms with Gasteiger partial charge in [0.2, 0.25) is 5.91 Å². The molecule has 2 aliphatic rings. The standard InChI is InChI=1S/C26H26F3N7O3/c1-4-22(37)34-12-14(9-15(34)13-39-3)35-25(31-2)23(24(30)38)19(33-35)7-5-16-17-11-32-36(21-10-26(21,28)29)20(17)8-6-18(16)27/h4,6,8,11,14-15,21,31H,1,9-10,12-13H2,2-3H3,(H2,30,38)/t14-,15+,21?/m0/s1. The average molecular weight is 542 g/mol. The number of amides is 2. The number of fused-ring (bicyclic) bond motifs is 1. The van der Waals surface area contributed by atoms with E-state index in [1.165, 1.54) is 30.1 Å². The lowest BCUT2D eigenvalue weighted by molar-refractivity contribution is -0.127. The number of carbonyl (C=O) groups is 2. The fraction of sp³-hybridized carbons (Fsp3) is 0.385. The lowest BCUT2D eigenvalue weighted by Crippen LogP contribution is -2.37. The molecule has 1 saturated carbocycles. The number of aromatic nitrogens is 4. The number of hydrogen-bond donors (Lipinski definition) is 2. The summed E-state index contributed by atoms with van der Waals surface area (Å²) in [6.45, 7) is 4.13. The van der Waals surface area contributed by atoms with Crippen molar-refractivity contribution in [1.82, 2.24) is 24.5 Å². The summed E-state index contributed by atoms with van der Waals surface area (Å²) >= 11 is 0. The number of carbonyl (C=O) groups excluding carboxylic acids is 2. The van der Waals surface area contributed by atoms with Crippen LogP contribution in [-0.2, 0) is 9.53 Å². The highest BCUT2D eigenvalue weighted by Crippen LogP contribution is 2.53. The molecule has 1 saturated heterocycles. The van der Waals surface area contributed by atoms with Crippen LogP contribution in [-0.4, -0.2) is 75.5 Å². The van der Waals surface area contributed by atoms with Gasteiger partial charge in [-0.05, 0) is 30.6 Å². The Balaban J connectivity index is 1.55. The number of primary amides is 1. The fourth-order valence-corrected chi connectivity index (χ4v) is 5.12. The number of anilines is 1. The summed E-state index contributed by atoms with van der Waals surface area (Å²) in [5, 5.41) is 11.8. The first kappa shape index (κ1) is 26.3. The summed E-state index contributed by atoms with van der Waals surface area (Å²) in [4.78, 5) is 26.5. The van der Waals surface area contributed by atoms with Gasteiger partial charge >= 0.3 is 0 Å². The minimum absolute atomic E-state index is 0.00107. The van der Waals surface area contributed by atoms with E-state index in [1.807, 2.05) is 0 Å². The van der Waals surface area contributed by atoms with E-state index < -0.39 is 23.7 Å². The maximum atomic E-state index is 14.8. The molecule has 0 bridgehead atoms. The molecule has 5 rings (SSSR count). The number of ether oxygens (including phenoxy) is 1. The predicted molar refractivity (Wildman–Crippen MR) is 136 cm³/mol. The Morgan fingerprint density at radius 3 is 2.69 bits per heavy atom. The summed E-state index contributed by atoms with van der Waals surface area (Å²) < 4.78 is 50.2. The molecule has 10 nitrogen and oxygen atoms in total. The Labute approximate surface area is 221 Å². The first-order chi connectivity index (χ1) is 18.6. The van der Waals surface area contributed by atoms with Crippen molar-refractivity contribution in [3.8, 4) is 11.8 Å². The van der Waals surface area contributed by atoms with Crippen molar-refractivity contribution < 1.29 is 27.5 Å². The van der Waals surface area contributed by atoms with Gasteiger partial charge < -0.3 is 20.7 Å². The molecule has 3 atom stereocenters. The highest BCUT2D eigenvalue weighted by Gasteiger charge is 2.59. The predicted octanol–water partition coefficient (Wildman–Crippen LogP) is 2.47. The Morgan fingerprint density at radius 2 is 2.08 bits per heavy atom. The molecule has 1 unspecified atom stereocenters. The highest BCUT2D eigenvalue weighted by atomic mass is 19.3. The molecule has 0 radical (unpaired) electrons. The summed E-state index contributed by atoms with van der Waals surface area (Å²) in [5.74, 6) is 1.14. The van der Waals surface area contributed by atoms with Crippen molar-refractivity contribution in [2.24, 2.45) is 5.73 Å². The van der Waals surface area contributed by atoms with E-state index in [-0.39, 0.29) is 53.2 Å². The zero-order valence-corrected chi connectivity index (χ0v) is 21.2. The highest BCUT2D eigenvalue weighted by molar-refractivity contribution is 6.00. The number of methoxy groups -OCH3 is 1. The van der Waals surface area contributed by atoms with Crippen LogP contribution in [0.2, 0.25) is 0 Å². The van der Waals surface area contributed by atoms with Gasteiger partial charge in [0.25, 0.3) is 11.8 Å². The molecular weight excluding hydrogens is 515 g/mol. The Bertz CT molecular complexity index is 1550. The summed E-state index contributed by atoms with van der Waals surface area (Å²) in [5.41, 5.74) is 5.93. The lowest BCUT2D eigenvalue weighted by Gasteiger charge is -2.22. The van der Waals surface area contributed by atoms with E-state index in [2.05, 4.69) is 33.9 Å². The molecule has 3 N–H and O–H groups in total. The topological polar surface area (TPSA) is 120 Å². The minimum Gasteiger partial charge on any atom is -0.383 e. The third-order valence-corrected chi connectivity index (χ3v) is 7.07. The molecule has 2 aromatic heterocycles. The maximum absolute atomic E-state index is 14.8. The smallest absolute Gasteiger partial charge is 0.272 e. The third kappa shape index (κ3) is 4.50. The Kier molecular flexibility index (Phi) is 6.59. The first-order valence-corrected chi connectivity index (χ1v) is 12.2. The van der Waals surface area contributed by atoms with Crippen LogP contribution in [0.4, 0.5) is 19.0 Å². The summed E-state index contributed by atoms with van der Waals surface area (Å²) in [7, 11) is 3.13. The number of rotatable bonds is 7. The van der Waals surface area contributed by atoms with E-state index in [0.717, 1.165) is 6.07 Å². The number of alkyl halides is 2. The zero-order chi connectivity index (χ0) is 28.1. The molecule has 2 fully saturated rings. The van der Waals surface area contributed by atoms with Gasteiger partial charge in [-0.25, -0.2) is 17.9 Å². The van der Waals surface area contributed by atoms with Gasteiger partial charge in [-0.15, -0.1) is 0 Å². The van der Waals surface area contributed by atoms with Gasteiger partial charge in [-0.1, -0.05) is 12.5 Å². The molecule has 39 heavy (non-hydrogen) atoms. The van der Waals surface area contributed by atoms with E-state index in [0.29, 0.717) is 24.4 Å². The van der Waals surface area contributed by atoms with Gasteiger partial charge in [-0.2, -0.15) is 10.2 Å². The second kappa shape index (κ2) is 9.77. The van der Waals surface area contributed by atoms with Crippen molar-refractivity contribution in [3.63, 3.8) is 0 Å². The minimum atomic E-state index is -2.86. The molecule has 3 aromatic rings. The first-order valence-electron chi connectivity index (χ1n) is 12.2. The van der Waals surface area contributed by atoms with Crippen LogP contribution in [0.1, 0.15) is 46.5 Å². The van der Waals surface area contributed by atoms with E-state index >= 15 is 0 Å². The second-order valence-electron chi connectivity index (χ2n) is 9.50. The number of nitrogens with one attached hydrogen (secondary N) is 1. The molecule has 0 spiro atoms. The molecule has 204 valence electrons. The quantitative estimate of drug-likeness (QED) is 0.350. The normalized spacial score (nSPS) is 21.5. The largest absolute Gasteiger partial charge is 0.383 e. The van der Waals surface area contributed by atoms with Crippen LogP contribution in [0.3, 0.4) is 0 Å². The van der Waals surface area contributed by atoms with Crippen molar-refractivity contribution in [3.05, 3.63) is 53.6 Å². The van der Waals surface area contributed by atoms with Gasteiger partial charge in [0.05, 0.1) is 36.0 Å². The van der Waals surface area contributed by atoms with Crippen LogP contribution in [0.15, 0.2) is 31.0 Å². The van der Waals surface area contributed by atoms with E-state index in [4.69, 9.17) is 10.5 Å². The number of likely N-dealkylation sites (tertiary alicyclic amines) is 1. The fourth-order valence-electron chi connectivity index (χ4n) is 5.12. The molecule has 3 heterocycles. The maximum Gasteiger partial charge on any atom is 0.272 e. The van der Waals surface area contributed by atoms with Gasteiger partial charge in [0.1, 0.15) is 23.2 Å².